The maximum absolute atomic E-state index is 12.8. The number of carbonyl (C=O) groups is 2. The SMILES string of the molecule is Cc1cc(C)cc(C(=O)NCC(=O)N2CCCC2c2nc3ccccc3s2)c1. The number of amides is 2. The Balaban J connectivity index is 1.44. The monoisotopic (exact) mass is 393 g/mol. The van der Waals surface area contributed by atoms with Crippen LogP contribution in [0.1, 0.15) is 45.4 Å². The molecule has 1 saturated heterocycles. The molecule has 1 unspecified atom stereocenters. The lowest BCUT2D eigenvalue weighted by Crippen LogP contribution is -2.39. The van der Waals surface area contributed by atoms with Gasteiger partial charge in [0.1, 0.15) is 5.01 Å². The van der Waals surface area contributed by atoms with Crippen LogP contribution in [-0.2, 0) is 4.79 Å². The molecule has 1 fully saturated rings. The highest BCUT2D eigenvalue weighted by molar-refractivity contribution is 7.18. The van der Waals surface area contributed by atoms with Crippen molar-refractivity contribution in [3.05, 3.63) is 64.2 Å². The van der Waals surface area contributed by atoms with Gasteiger partial charge in [-0.2, -0.15) is 0 Å². The van der Waals surface area contributed by atoms with Crippen LogP contribution in [0, 0.1) is 13.8 Å². The highest BCUT2D eigenvalue weighted by Crippen LogP contribution is 2.36. The molecule has 0 radical (unpaired) electrons. The highest BCUT2D eigenvalue weighted by Gasteiger charge is 2.32. The lowest BCUT2D eigenvalue weighted by Gasteiger charge is -2.23. The van der Waals surface area contributed by atoms with Crippen molar-refractivity contribution in [2.75, 3.05) is 13.1 Å². The number of likely N-dealkylation sites (tertiary alicyclic amines) is 1. The molecule has 1 aliphatic rings. The maximum atomic E-state index is 12.8. The van der Waals surface area contributed by atoms with E-state index in [1.807, 2.05) is 55.1 Å². The molecule has 2 aromatic carbocycles. The van der Waals surface area contributed by atoms with Gasteiger partial charge in [0, 0.05) is 12.1 Å². The van der Waals surface area contributed by atoms with Crippen LogP contribution in [0.5, 0.6) is 0 Å². The van der Waals surface area contributed by atoms with Gasteiger partial charge in [0.15, 0.2) is 0 Å². The number of fused-ring (bicyclic) bond motifs is 1. The third kappa shape index (κ3) is 3.78. The van der Waals surface area contributed by atoms with E-state index in [0.717, 1.165) is 39.2 Å². The summed E-state index contributed by atoms with van der Waals surface area (Å²) in [6.07, 6.45) is 1.87. The predicted molar refractivity (Wildman–Crippen MR) is 112 cm³/mol. The van der Waals surface area contributed by atoms with Gasteiger partial charge in [0.25, 0.3) is 5.91 Å². The number of hydrogen-bond donors (Lipinski definition) is 1. The van der Waals surface area contributed by atoms with E-state index < -0.39 is 0 Å². The predicted octanol–water partition coefficient (Wildman–Crippen LogP) is 4.01. The Morgan fingerprint density at radius 3 is 2.68 bits per heavy atom. The van der Waals surface area contributed by atoms with Crippen LogP contribution in [0.4, 0.5) is 0 Å². The number of hydrogen-bond acceptors (Lipinski definition) is 4. The van der Waals surface area contributed by atoms with Crippen molar-refractivity contribution >= 4 is 33.4 Å². The topological polar surface area (TPSA) is 62.3 Å². The van der Waals surface area contributed by atoms with Crippen LogP contribution in [-0.4, -0.2) is 34.8 Å². The van der Waals surface area contributed by atoms with Gasteiger partial charge in [-0.15, -0.1) is 11.3 Å². The van der Waals surface area contributed by atoms with Gasteiger partial charge >= 0.3 is 0 Å². The molecule has 0 spiro atoms. The Labute approximate surface area is 168 Å². The second kappa shape index (κ2) is 7.72. The summed E-state index contributed by atoms with van der Waals surface area (Å²) < 4.78 is 1.14. The summed E-state index contributed by atoms with van der Waals surface area (Å²) in [4.78, 5) is 31.8. The zero-order valence-electron chi connectivity index (χ0n) is 16.1. The standard InChI is InChI=1S/C22H23N3O2S/c1-14-10-15(2)12-16(11-14)21(27)23-13-20(26)25-9-5-7-18(25)22-24-17-6-3-4-8-19(17)28-22/h3-4,6,8,10-12,18H,5,7,9,13H2,1-2H3,(H,23,27). The van der Waals surface area contributed by atoms with Gasteiger partial charge in [-0.3, -0.25) is 9.59 Å². The summed E-state index contributed by atoms with van der Waals surface area (Å²) in [6, 6.07) is 13.7. The van der Waals surface area contributed by atoms with Crippen LogP contribution in [0.25, 0.3) is 10.2 Å². The van der Waals surface area contributed by atoms with E-state index in [4.69, 9.17) is 4.98 Å². The Morgan fingerprint density at radius 2 is 1.93 bits per heavy atom. The van der Waals surface area contributed by atoms with Crippen molar-refractivity contribution in [1.82, 2.24) is 15.2 Å². The van der Waals surface area contributed by atoms with Crippen LogP contribution in [0.3, 0.4) is 0 Å². The first-order valence-electron chi connectivity index (χ1n) is 9.53. The minimum atomic E-state index is -0.212. The molecule has 3 aromatic rings. The molecule has 0 saturated carbocycles. The number of benzene rings is 2. The first-order valence-corrected chi connectivity index (χ1v) is 10.3. The number of nitrogens with one attached hydrogen (secondary N) is 1. The van der Waals surface area contributed by atoms with E-state index in [9.17, 15) is 9.59 Å². The molecule has 1 aliphatic heterocycles. The molecular formula is C22H23N3O2S. The molecule has 28 heavy (non-hydrogen) atoms. The molecule has 0 bridgehead atoms. The molecule has 144 valence electrons. The van der Waals surface area contributed by atoms with Gasteiger partial charge in [-0.05, 0) is 51.0 Å². The van der Waals surface area contributed by atoms with Gasteiger partial charge in [-0.25, -0.2) is 4.98 Å². The first-order chi connectivity index (χ1) is 13.5. The molecular weight excluding hydrogens is 370 g/mol. The number of carbonyl (C=O) groups excluding carboxylic acids is 2. The van der Waals surface area contributed by atoms with Crippen LogP contribution < -0.4 is 5.32 Å². The minimum Gasteiger partial charge on any atom is -0.343 e. The summed E-state index contributed by atoms with van der Waals surface area (Å²) in [6.45, 7) is 4.63. The smallest absolute Gasteiger partial charge is 0.251 e. The average molecular weight is 394 g/mol. The normalized spacial score (nSPS) is 16.5. The van der Waals surface area contributed by atoms with E-state index in [1.165, 1.54) is 0 Å². The Bertz CT molecular complexity index is 990. The van der Waals surface area contributed by atoms with Crippen molar-refractivity contribution < 1.29 is 9.59 Å². The second-order valence-corrected chi connectivity index (χ2v) is 8.39. The lowest BCUT2D eigenvalue weighted by molar-refractivity contribution is -0.131. The van der Waals surface area contributed by atoms with Crippen molar-refractivity contribution in [1.29, 1.82) is 0 Å². The summed E-state index contributed by atoms with van der Waals surface area (Å²) in [5.74, 6) is -0.268. The van der Waals surface area contributed by atoms with Gasteiger partial charge < -0.3 is 10.2 Å². The molecule has 2 heterocycles. The molecule has 1 N–H and O–H groups in total. The number of rotatable bonds is 4. The quantitative estimate of drug-likeness (QED) is 0.729. The summed E-state index contributed by atoms with van der Waals surface area (Å²) in [7, 11) is 0. The van der Waals surface area contributed by atoms with Crippen molar-refractivity contribution in [2.45, 2.75) is 32.7 Å². The summed E-state index contributed by atoms with van der Waals surface area (Å²) >= 11 is 1.65. The summed E-state index contributed by atoms with van der Waals surface area (Å²) in [5, 5.41) is 3.76. The molecule has 0 aliphatic carbocycles. The van der Waals surface area contributed by atoms with Crippen molar-refractivity contribution in [3.63, 3.8) is 0 Å². The molecule has 2 amide bonds. The van der Waals surface area contributed by atoms with Crippen molar-refractivity contribution in [3.8, 4) is 0 Å². The van der Waals surface area contributed by atoms with E-state index in [1.54, 1.807) is 11.3 Å². The molecule has 4 rings (SSSR count). The zero-order valence-corrected chi connectivity index (χ0v) is 16.9. The fourth-order valence-electron chi connectivity index (χ4n) is 3.82. The number of aromatic nitrogens is 1. The van der Waals surface area contributed by atoms with Crippen molar-refractivity contribution in [2.24, 2.45) is 0 Å². The van der Waals surface area contributed by atoms with E-state index in [2.05, 4.69) is 11.4 Å². The zero-order chi connectivity index (χ0) is 19.7. The fraction of sp³-hybridized carbons (Fsp3) is 0.318. The molecule has 5 nitrogen and oxygen atoms in total. The van der Waals surface area contributed by atoms with Gasteiger partial charge in [0.2, 0.25) is 5.91 Å². The maximum Gasteiger partial charge on any atom is 0.251 e. The number of para-hydroxylation sites is 1. The Hall–Kier alpha value is -2.73. The first kappa shape index (κ1) is 18.6. The van der Waals surface area contributed by atoms with E-state index >= 15 is 0 Å². The fourth-order valence-corrected chi connectivity index (χ4v) is 4.94. The third-order valence-electron chi connectivity index (χ3n) is 5.05. The summed E-state index contributed by atoms with van der Waals surface area (Å²) in [5.41, 5.74) is 3.64. The van der Waals surface area contributed by atoms with Crippen LogP contribution >= 0.6 is 11.3 Å². The van der Waals surface area contributed by atoms with Gasteiger partial charge in [0.05, 0.1) is 22.8 Å². The molecule has 1 atom stereocenters. The largest absolute Gasteiger partial charge is 0.343 e. The number of thiazole rings is 1. The second-order valence-electron chi connectivity index (χ2n) is 7.32. The Morgan fingerprint density at radius 1 is 1.18 bits per heavy atom. The Kier molecular flexibility index (Phi) is 5.13. The van der Waals surface area contributed by atoms with E-state index in [0.29, 0.717) is 12.1 Å². The minimum absolute atomic E-state index is 0.00279. The number of nitrogens with zero attached hydrogens (tertiary/aromatic N) is 2. The lowest BCUT2D eigenvalue weighted by atomic mass is 10.1. The van der Waals surface area contributed by atoms with Crippen LogP contribution in [0.15, 0.2) is 42.5 Å². The number of aryl methyl sites for hydroxylation is 2. The van der Waals surface area contributed by atoms with Gasteiger partial charge in [-0.1, -0.05) is 29.3 Å². The third-order valence-corrected chi connectivity index (χ3v) is 6.19. The van der Waals surface area contributed by atoms with Crippen LogP contribution in [0.2, 0.25) is 0 Å². The van der Waals surface area contributed by atoms with E-state index in [-0.39, 0.29) is 24.4 Å². The molecule has 6 heteroatoms. The highest BCUT2D eigenvalue weighted by atomic mass is 32.1. The average Bonchev–Trinajstić information content (AvgIpc) is 3.31. The molecule has 1 aromatic heterocycles.